The maximum Gasteiger partial charge on any atom is 0.226 e. The third-order valence-electron chi connectivity index (χ3n) is 2.64. The van der Waals surface area contributed by atoms with Crippen LogP contribution in [0.4, 0.5) is 11.4 Å². The van der Waals surface area contributed by atoms with Gasteiger partial charge in [-0.05, 0) is 19.1 Å². The molecule has 0 saturated heterocycles. The first kappa shape index (κ1) is 15.2. The highest BCUT2D eigenvalue weighted by molar-refractivity contribution is 5.95. The Bertz CT molecular complexity index is 456. The molecule has 1 amide bonds. The van der Waals surface area contributed by atoms with E-state index in [1.54, 1.807) is 7.11 Å². The van der Waals surface area contributed by atoms with E-state index in [4.69, 9.17) is 4.74 Å². The molecule has 0 aromatic heterocycles. The molecule has 0 aliphatic heterocycles. The quantitative estimate of drug-likeness (QED) is 0.655. The molecule has 0 aliphatic rings. The number of nitrogens with one attached hydrogen (secondary N) is 1. The fourth-order valence-corrected chi connectivity index (χ4v) is 1.36. The number of aliphatic imine (C=N–C) groups is 1. The maximum atomic E-state index is 11.7. The maximum absolute atomic E-state index is 11.7. The third-order valence-corrected chi connectivity index (χ3v) is 2.64. The van der Waals surface area contributed by atoms with Crippen LogP contribution in [-0.4, -0.2) is 44.5 Å². The number of amides is 1. The first-order valence-corrected chi connectivity index (χ1v) is 6.15. The summed E-state index contributed by atoms with van der Waals surface area (Å²) in [6.45, 7) is 2.33. The number of carbonyl (C=O) groups is 1. The molecule has 5 nitrogen and oxygen atoms in total. The van der Waals surface area contributed by atoms with Crippen LogP contribution >= 0.6 is 0 Å². The van der Waals surface area contributed by atoms with Gasteiger partial charge in [-0.1, -0.05) is 12.1 Å². The Balaban J connectivity index is 2.84. The van der Waals surface area contributed by atoms with Crippen molar-refractivity contribution in [1.82, 2.24) is 4.90 Å². The van der Waals surface area contributed by atoms with Crippen molar-refractivity contribution in [3.8, 4) is 0 Å². The van der Waals surface area contributed by atoms with E-state index < -0.39 is 0 Å². The van der Waals surface area contributed by atoms with Crippen molar-refractivity contribution in [2.45, 2.75) is 13.3 Å². The number of amidine groups is 1. The van der Waals surface area contributed by atoms with E-state index >= 15 is 0 Å². The first-order valence-electron chi connectivity index (χ1n) is 6.15. The van der Waals surface area contributed by atoms with Crippen LogP contribution in [0, 0.1) is 0 Å². The van der Waals surface area contributed by atoms with Crippen molar-refractivity contribution in [3.05, 3.63) is 24.3 Å². The van der Waals surface area contributed by atoms with Crippen LogP contribution in [0.2, 0.25) is 0 Å². The molecule has 0 fully saturated rings. The predicted octanol–water partition coefficient (Wildman–Crippen LogP) is 2.27. The summed E-state index contributed by atoms with van der Waals surface area (Å²) in [4.78, 5) is 18.1. The zero-order valence-corrected chi connectivity index (χ0v) is 11.9. The van der Waals surface area contributed by atoms with Gasteiger partial charge in [0.15, 0.2) is 0 Å². The molecule has 0 unspecified atom stereocenters. The highest BCUT2D eigenvalue weighted by Gasteiger charge is 2.06. The standard InChI is InChI=1S/C14H21N3O2/c1-11(17(2)3)15-12-7-5-6-8-13(12)16-14(18)9-10-19-4/h5-8H,9-10H2,1-4H3,(H,16,18)/b15-11+. The van der Waals surface area contributed by atoms with Gasteiger partial charge in [0.1, 0.15) is 5.84 Å². The van der Waals surface area contributed by atoms with Crippen molar-refractivity contribution in [2.75, 3.05) is 33.1 Å². The van der Waals surface area contributed by atoms with Gasteiger partial charge in [-0.25, -0.2) is 4.99 Å². The zero-order chi connectivity index (χ0) is 14.3. The minimum absolute atomic E-state index is 0.0768. The van der Waals surface area contributed by atoms with E-state index in [9.17, 15) is 4.79 Å². The highest BCUT2D eigenvalue weighted by atomic mass is 16.5. The molecule has 5 heteroatoms. The van der Waals surface area contributed by atoms with Crippen LogP contribution in [0.1, 0.15) is 13.3 Å². The number of benzene rings is 1. The number of hydrogen-bond acceptors (Lipinski definition) is 3. The van der Waals surface area contributed by atoms with Crippen molar-refractivity contribution in [1.29, 1.82) is 0 Å². The summed E-state index contributed by atoms with van der Waals surface area (Å²) in [6.07, 6.45) is 0.335. The average Bonchev–Trinajstić information content (AvgIpc) is 2.38. The van der Waals surface area contributed by atoms with Gasteiger partial charge in [-0.15, -0.1) is 0 Å². The first-order chi connectivity index (χ1) is 9.04. The van der Waals surface area contributed by atoms with Crippen LogP contribution in [0.3, 0.4) is 0 Å². The summed E-state index contributed by atoms with van der Waals surface area (Å²) >= 11 is 0. The molecular weight excluding hydrogens is 242 g/mol. The molecule has 19 heavy (non-hydrogen) atoms. The molecule has 0 heterocycles. The Morgan fingerprint density at radius 3 is 2.68 bits per heavy atom. The van der Waals surface area contributed by atoms with Gasteiger partial charge < -0.3 is 15.0 Å². The molecule has 0 aliphatic carbocycles. The van der Waals surface area contributed by atoms with E-state index in [0.29, 0.717) is 18.7 Å². The Morgan fingerprint density at radius 1 is 1.37 bits per heavy atom. The molecule has 0 spiro atoms. The van der Waals surface area contributed by atoms with Crippen LogP contribution < -0.4 is 5.32 Å². The Labute approximate surface area is 114 Å². The SMILES string of the molecule is COCCC(=O)Nc1ccccc1/N=C(\C)N(C)C. The van der Waals surface area contributed by atoms with Gasteiger partial charge in [-0.2, -0.15) is 0 Å². The second-order valence-electron chi connectivity index (χ2n) is 4.36. The minimum Gasteiger partial charge on any atom is -0.384 e. The molecule has 1 aromatic carbocycles. The van der Waals surface area contributed by atoms with Gasteiger partial charge >= 0.3 is 0 Å². The fraction of sp³-hybridized carbons (Fsp3) is 0.429. The number of methoxy groups -OCH3 is 1. The number of anilines is 1. The van der Waals surface area contributed by atoms with Crippen LogP contribution in [0.15, 0.2) is 29.3 Å². The lowest BCUT2D eigenvalue weighted by atomic mass is 10.2. The molecule has 0 atom stereocenters. The molecular formula is C14H21N3O2. The summed E-state index contributed by atoms with van der Waals surface area (Å²) < 4.78 is 4.88. The molecule has 0 bridgehead atoms. The summed E-state index contributed by atoms with van der Waals surface area (Å²) in [5.41, 5.74) is 1.46. The number of nitrogens with zero attached hydrogens (tertiary/aromatic N) is 2. The second-order valence-corrected chi connectivity index (χ2v) is 4.36. The topological polar surface area (TPSA) is 53.9 Å². The van der Waals surface area contributed by atoms with Crippen molar-refractivity contribution >= 4 is 23.1 Å². The average molecular weight is 263 g/mol. The van der Waals surface area contributed by atoms with Crippen molar-refractivity contribution < 1.29 is 9.53 Å². The van der Waals surface area contributed by atoms with E-state index in [-0.39, 0.29) is 5.91 Å². The normalized spacial score (nSPS) is 11.3. The van der Waals surface area contributed by atoms with Crippen LogP contribution in [0.5, 0.6) is 0 Å². The Hall–Kier alpha value is -1.88. The monoisotopic (exact) mass is 263 g/mol. The summed E-state index contributed by atoms with van der Waals surface area (Å²) in [5.74, 6) is 0.797. The van der Waals surface area contributed by atoms with Gasteiger partial charge in [0.25, 0.3) is 0 Å². The zero-order valence-electron chi connectivity index (χ0n) is 11.9. The molecule has 0 radical (unpaired) electrons. The van der Waals surface area contributed by atoms with E-state index in [2.05, 4.69) is 10.3 Å². The number of rotatable bonds is 5. The Kier molecular flexibility index (Phi) is 6.02. The lowest BCUT2D eigenvalue weighted by Crippen LogP contribution is -2.18. The molecule has 1 N–H and O–H groups in total. The van der Waals surface area contributed by atoms with Crippen molar-refractivity contribution in [3.63, 3.8) is 0 Å². The van der Waals surface area contributed by atoms with Crippen LogP contribution in [0.25, 0.3) is 0 Å². The smallest absolute Gasteiger partial charge is 0.226 e. The largest absolute Gasteiger partial charge is 0.384 e. The lowest BCUT2D eigenvalue weighted by Gasteiger charge is -2.13. The molecule has 0 saturated carbocycles. The van der Waals surface area contributed by atoms with Crippen LogP contribution in [-0.2, 0) is 9.53 Å². The Morgan fingerprint density at radius 2 is 2.05 bits per heavy atom. The number of ether oxygens (including phenoxy) is 1. The second kappa shape index (κ2) is 7.53. The molecule has 104 valence electrons. The number of para-hydroxylation sites is 2. The fourth-order valence-electron chi connectivity index (χ4n) is 1.36. The molecule has 1 rings (SSSR count). The van der Waals surface area contributed by atoms with Gasteiger partial charge in [0.2, 0.25) is 5.91 Å². The van der Waals surface area contributed by atoms with Gasteiger partial charge in [0.05, 0.1) is 24.4 Å². The van der Waals surface area contributed by atoms with E-state index in [1.807, 2.05) is 50.2 Å². The summed E-state index contributed by atoms with van der Waals surface area (Å²) in [5, 5.41) is 2.85. The number of hydrogen-bond donors (Lipinski definition) is 1. The minimum atomic E-state index is -0.0768. The molecule has 1 aromatic rings. The van der Waals surface area contributed by atoms with Gasteiger partial charge in [-0.3, -0.25) is 4.79 Å². The number of carbonyl (C=O) groups excluding carboxylic acids is 1. The van der Waals surface area contributed by atoms with Crippen molar-refractivity contribution in [2.24, 2.45) is 4.99 Å². The van der Waals surface area contributed by atoms with Gasteiger partial charge in [0, 0.05) is 21.2 Å². The van der Waals surface area contributed by atoms with E-state index in [1.165, 1.54) is 0 Å². The van der Waals surface area contributed by atoms with E-state index in [0.717, 1.165) is 11.5 Å². The summed E-state index contributed by atoms with van der Waals surface area (Å²) in [6, 6.07) is 7.48. The lowest BCUT2D eigenvalue weighted by molar-refractivity contribution is -0.117. The predicted molar refractivity (Wildman–Crippen MR) is 78.0 cm³/mol. The highest BCUT2D eigenvalue weighted by Crippen LogP contribution is 2.24. The third kappa shape index (κ3) is 5.09. The summed E-state index contributed by atoms with van der Waals surface area (Å²) in [7, 11) is 5.43.